The van der Waals surface area contributed by atoms with Crippen LogP contribution >= 0.6 is 0 Å². The molecule has 58 heavy (non-hydrogen) atoms. The van der Waals surface area contributed by atoms with E-state index in [0.717, 1.165) is 66.3 Å². The number of anilines is 1. The highest BCUT2D eigenvalue weighted by molar-refractivity contribution is 6.36. The largest absolute Gasteiger partial charge is 0.308 e. The monoisotopic (exact) mass is 742 g/mol. The molecule has 0 atom stereocenters. The summed E-state index contributed by atoms with van der Waals surface area (Å²) in [6, 6.07) is 63.2. The maximum absolute atomic E-state index is 14.9. The molecule has 0 radical (unpaired) electrons. The summed E-state index contributed by atoms with van der Waals surface area (Å²) in [7, 11) is 0. The number of nitrogens with zero attached hydrogens (tertiary/aromatic N) is 4. The third-order valence-corrected chi connectivity index (χ3v) is 11.0. The molecule has 8 aromatic carbocycles. The topological polar surface area (TPSA) is 89.9 Å². The van der Waals surface area contributed by atoms with E-state index in [1.165, 1.54) is 4.90 Å². The van der Waals surface area contributed by atoms with Crippen LogP contribution in [0, 0.1) is 22.7 Å². The minimum Gasteiger partial charge on any atom is -0.308 e. The molecule has 0 saturated heterocycles. The van der Waals surface area contributed by atoms with Crippen LogP contribution in [0.15, 0.2) is 182 Å². The van der Waals surface area contributed by atoms with Crippen molar-refractivity contribution in [1.82, 2.24) is 4.57 Å². The molecule has 1 aromatic heterocycles. The molecule has 0 aliphatic carbocycles. The van der Waals surface area contributed by atoms with E-state index in [-0.39, 0.29) is 5.91 Å². The van der Waals surface area contributed by atoms with Crippen molar-refractivity contribution in [3.05, 3.63) is 204 Å². The third-order valence-electron chi connectivity index (χ3n) is 11.0. The zero-order valence-corrected chi connectivity index (χ0v) is 30.9. The first-order valence-corrected chi connectivity index (χ1v) is 18.9. The minimum atomic E-state index is -0.391. The van der Waals surface area contributed by atoms with Crippen LogP contribution in [0.3, 0.4) is 0 Å². The number of nitriles is 2. The van der Waals surface area contributed by atoms with Crippen molar-refractivity contribution in [2.75, 3.05) is 4.90 Å². The van der Waals surface area contributed by atoms with Gasteiger partial charge in [0, 0.05) is 10.8 Å². The van der Waals surface area contributed by atoms with Crippen LogP contribution in [-0.4, -0.2) is 16.4 Å². The van der Waals surface area contributed by atoms with Crippen LogP contribution in [0.25, 0.3) is 72.0 Å². The van der Waals surface area contributed by atoms with Gasteiger partial charge in [0.2, 0.25) is 0 Å². The summed E-state index contributed by atoms with van der Waals surface area (Å²) in [4.78, 5) is 30.7. The van der Waals surface area contributed by atoms with E-state index in [0.29, 0.717) is 33.6 Å². The first kappa shape index (κ1) is 34.2. The van der Waals surface area contributed by atoms with Crippen molar-refractivity contribution in [3.63, 3.8) is 0 Å². The molecule has 1 aliphatic rings. The lowest BCUT2D eigenvalue weighted by atomic mass is 9.97. The van der Waals surface area contributed by atoms with Gasteiger partial charge in [0.25, 0.3) is 11.8 Å². The van der Waals surface area contributed by atoms with E-state index in [2.05, 4.69) is 47.0 Å². The predicted octanol–water partition coefficient (Wildman–Crippen LogP) is 12.0. The molecule has 0 fully saturated rings. The number of fused-ring (bicyclic) bond motifs is 4. The third kappa shape index (κ3) is 5.64. The van der Waals surface area contributed by atoms with Gasteiger partial charge in [-0.2, -0.15) is 10.5 Å². The summed E-state index contributed by atoms with van der Waals surface area (Å²) in [6.07, 6.45) is 0. The number of carbonyl (C=O) groups excluding carboxylic acids is 2. The van der Waals surface area contributed by atoms with Gasteiger partial charge in [0.15, 0.2) is 0 Å². The maximum Gasteiger partial charge on any atom is 0.268 e. The van der Waals surface area contributed by atoms with Gasteiger partial charge in [-0.05, 0) is 123 Å². The second-order valence-corrected chi connectivity index (χ2v) is 14.3. The molecule has 0 N–H and O–H groups in total. The van der Waals surface area contributed by atoms with E-state index < -0.39 is 5.91 Å². The summed E-state index contributed by atoms with van der Waals surface area (Å²) in [5.41, 5.74) is 12.3. The Balaban J connectivity index is 1.16. The smallest absolute Gasteiger partial charge is 0.268 e. The molecule has 0 spiro atoms. The van der Waals surface area contributed by atoms with Gasteiger partial charge in [0.05, 0.1) is 56.8 Å². The van der Waals surface area contributed by atoms with Crippen LogP contribution in [0.2, 0.25) is 0 Å². The van der Waals surface area contributed by atoms with E-state index in [4.69, 9.17) is 0 Å². The number of aromatic nitrogens is 1. The van der Waals surface area contributed by atoms with Crippen molar-refractivity contribution in [2.24, 2.45) is 0 Å². The molecule has 0 saturated carbocycles. The van der Waals surface area contributed by atoms with Gasteiger partial charge in [0.1, 0.15) is 0 Å². The van der Waals surface area contributed by atoms with E-state index in [1.807, 2.05) is 146 Å². The van der Waals surface area contributed by atoms with Gasteiger partial charge < -0.3 is 4.57 Å². The second kappa shape index (κ2) is 13.8. The average Bonchev–Trinajstić information content (AvgIpc) is 3.76. The molecule has 6 heteroatoms. The first-order chi connectivity index (χ1) is 28.5. The summed E-state index contributed by atoms with van der Waals surface area (Å²) in [5.74, 6) is -0.767. The van der Waals surface area contributed by atoms with Gasteiger partial charge >= 0.3 is 0 Å². The minimum absolute atomic E-state index is 0.338. The first-order valence-electron chi connectivity index (χ1n) is 18.9. The zero-order chi connectivity index (χ0) is 39.3. The number of rotatable bonds is 6. The highest BCUT2D eigenvalue weighted by Crippen LogP contribution is 2.42. The van der Waals surface area contributed by atoms with Gasteiger partial charge in [-0.25, -0.2) is 4.90 Å². The molecular weight excluding hydrogens is 713 g/mol. The lowest BCUT2D eigenvalue weighted by Crippen LogP contribution is -2.29. The van der Waals surface area contributed by atoms with Crippen LogP contribution < -0.4 is 4.90 Å². The lowest BCUT2D eigenvalue weighted by molar-refractivity contribution is 0.0926. The normalized spacial score (nSPS) is 12.1. The molecule has 270 valence electrons. The summed E-state index contributed by atoms with van der Waals surface area (Å²) >= 11 is 0. The quantitative estimate of drug-likeness (QED) is 0.159. The molecule has 2 amide bonds. The molecule has 2 heterocycles. The summed E-state index contributed by atoms with van der Waals surface area (Å²) < 4.78 is 2.08. The Hall–Kier alpha value is -8.32. The Morgan fingerprint density at radius 1 is 0.397 bits per heavy atom. The Bertz CT molecular complexity index is 3030. The van der Waals surface area contributed by atoms with Crippen molar-refractivity contribution >= 4 is 39.3 Å². The fraction of sp³-hybridized carbons (Fsp3) is 0. The molecule has 6 nitrogen and oxygen atoms in total. The Morgan fingerprint density at radius 2 is 0.862 bits per heavy atom. The number of carbonyl (C=O) groups is 2. The second-order valence-electron chi connectivity index (χ2n) is 14.3. The maximum atomic E-state index is 14.9. The van der Waals surface area contributed by atoms with Gasteiger partial charge in [-0.1, -0.05) is 103 Å². The molecule has 10 rings (SSSR count). The number of hydrogen-bond donors (Lipinski definition) is 0. The molecule has 0 unspecified atom stereocenters. The lowest BCUT2D eigenvalue weighted by Gasteiger charge is -2.18. The van der Waals surface area contributed by atoms with Crippen molar-refractivity contribution in [3.8, 4) is 62.3 Å². The zero-order valence-electron chi connectivity index (χ0n) is 30.9. The van der Waals surface area contributed by atoms with E-state index in [1.54, 1.807) is 6.07 Å². The fourth-order valence-corrected chi connectivity index (χ4v) is 8.14. The van der Waals surface area contributed by atoms with Crippen molar-refractivity contribution in [2.45, 2.75) is 0 Å². The highest BCUT2D eigenvalue weighted by atomic mass is 16.2. The Labute approximate surface area is 334 Å². The van der Waals surface area contributed by atoms with E-state index in [9.17, 15) is 20.1 Å². The summed E-state index contributed by atoms with van der Waals surface area (Å²) in [6.45, 7) is 0. The predicted molar refractivity (Wildman–Crippen MR) is 230 cm³/mol. The number of benzene rings is 8. The molecule has 0 bridgehead atoms. The van der Waals surface area contributed by atoms with Gasteiger partial charge in [-0.15, -0.1) is 0 Å². The van der Waals surface area contributed by atoms with Crippen LogP contribution in [0.5, 0.6) is 0 Å². The highest BCUT2D eigenvalue weighted by Gasteiger charge is 2.39. The van der Waals surface area contributed by atoms with E-state index >= 15 is 0 Å². The van der Waals surface area contributed by atoms with Gasteiger partial charge in [-0.3, -0.25) is 9.59 Å². The number of imide groups is 1. The van der Waals surface area contributed by atoms with Crippen molar-refractivity contribution < 1.29 is 9.59 Å². The standard InChI is InChI=1S/C52H30N4O2/c53-31-33-14-18-37(19-15-33)39-22-24-47-45(29-39)46-30-40(38-20-16-34(32-54)17-21-38)23-25-48(46)56(47)49-13-7-12-44-50(49)52(58)55(51(44)57)43-27-41(35-8-3-1-4-9-35)26-42(28-43)36-10-5-2-6-11-36/h1-30H. The molecule has 9 aromatic rings. The number of hydrogen-bond acceptors (Lipinski definition) is 4. The molecule has 1 aliphatic heterocycles. The average molecular weight is 743 g/mol. The summed E-state index contributed by atoms with van der Waals surface area (Å²) in [5, 5.41) is 20.7. The van der Waals surface area contributed by atoms with Crippen molar-refractivity contribution in [1.29, 1.82) is 10.5 Å². The molecular formula is C52H30N4O2. The van der Waals surface area contributed by atoms with Crippen LogP contribution in [-0.2, 0) is 0 Å². The number of amides is 2. The van der Waals surface area contributed by atoms with Crippen LogP contribution in [0.1, 0.15) is 31.8 Å². The Morgan fingerprint density at radius 3 is 1.34 bits per heavy atom. The fourth-order valence-electron chi connectivity index (χ4n) is 8.14. The Kier molecular flexibility index (Phi) is 8.11. The SMILES string of the molecule is N#Cc1ccc(-c2ccc3c(c2)c2cc(-c4ccc(C#N)cc4)ccc2n3-c2cccc3c2C(=O)N(c2cc(-c4ccccc4)cc(-c4ccccc4)c2)C3=O)cc1. The van der Waals surface area contributed by atoms with Crippen LogP contribution in [0.4, 0.5) is 5.69 Å².